The second-order valence-corrected chi connectivity index (χ2v) is 6.25. The third-order valence-electron chi connectivity index (χ3n) is 4.10. The van der Waals surface area contributed by atoms with Crippen LogP contribution in [0.25, 0.3) is 0 Å². The van der Waals surface area contributed by atoms with Gasteiger partial charge in [-0.3, -0.25) is 14.4 Å². The molecule has 1 unspecified atom stereocenters. The number of aryl methyl sites for hydroxylation is 2. The average molecular weight is 314 g/mol. The molecule has 0 fully saturated rings. The minimum absolute atomic E-state index is 0.119. The van der Waals surface area contributed by atoms with Crippen LogP contribution in [0.3, 0.4) is 0 Å². The largest absolute Gasteiger partial charge is 0.344 e. The van der Waals surface area contributed by atoms with E-state index in [1.54, 1.807) is 4.68 Å². The predicted molar refractivity (Wildman–Crippen MR) is 92.2 cm³/mol. The van der Waals surface area contributed by atoms with Crippen LogP contribution in [0.5, 0.6) is 0 Å². The molecule has 0 spiro atoms. The van der Waals surface area contributed by atoms with Gasteiger partial charge in [-0.25, -0.2) is 0 Å². The van der Waals surface area contributed by atoms with Gasteiger partial charge in [0.25, 0.3) is 0 Å². The number of hydrogen-bond donors (Lipinski definition) is 0. The fourth-order valence-corrected chi connectivity index (χ4v) is 2.74. The monoisotopic (exact) mass is 314 g/mol. The van der Waals surface area contributed by atoms with Crippen LogP contribution in [0.15, 0.2) is 36.7 Å². The van der Waals surface area contributed by atoms with Crippen molar-refractivity contribution in [2.75, 3.05) is 27.7 Å². The molecule has 1 heterocycles. The van der Waals surface area contributed by atoms with Crippen molar-refractivity contribution in [1.82, 2.24) is 19.6 Å². The summed E-state index contributed by atoms with van der Waals surface area (Å²) in [5, 5.41) is 4.17. The minimum atomic E-state index is -0.255. The highest BCUT2D eigenvalue weighted by Crippen LogP contribution is 2.23. The Labute approximate surface area is 138 Å². The lowest BCUT2D eigenvalue weighted by atomic mass is 9.99. The van der Waals surface area contributed by atoms with E-state index in [1.807, 2.05) is 68.6 Å². The van der Waals surface area contributed by atoms with Gasteiger partial charge in [0.05, 0.1) is 6.20 Å². The Balaban J connectivity index is 2.10. The Kier molecular flexibility index (Phi) is 5.55. The summed E-state index contributed by atoms with van der Waals surface area (Å²) in [6.45, 7) is 2.73. The number of carbonyl (C=O) groups is 1. The molecule has 0 radical (unpaired) electrons. The molecule has 1 aromatic heterocycles. The molecule has 0 aliphatic heterocycles. The standard InChI is InChI=1S/C18H26N4O/c1-14-8-6-7-9-16(14)17(20(2)3)18(23)21(4)11-10-15-12-19-22(5)13-15/h6-9,12-13,17H,10-11H2,1-5H3. The van der Waals surface area contributed by atoms with E-state index in [4.69, 9.17) is 0 Å². The molecule has 2 rings (SSSR count). The molecular formula is C18H26N4O. The van der Waals surface area contributed by atoms with Gasteiger partial charge in [0.1, 0.15) is 6.04 Å². The molecular weight excluding hydrogens is 288 g/mol. The molecule has 1 aromatic carbocycles. The van der Waals surface area contributed by atoms with Crippen LogP contribution in [0.4, 0.5) is 0 Å². The Bertz CT molecular complexity index is 663. The fourth-order valence-electron chi connectivity index (χ4n) is 2.74. The van der Waals surface area contributed by atoms with Gasteiger partial charge in [-0.1, -0.05) is 24.3 Å². The Hall–Kier alpha value is -2.14. The minimum Gasteiger partial charge on any atom is -0.344 e. The smallest absolute Gasteiger partial charge is 0.244 e. The highest BCUT2D eigenvalue weighted by molar-refractivity contribution is 5.83. The first-order valence-corrected chi connectivity index (χ1v) is 7.84. The van der Waals surface area contributed by atoms with Gasteiger partial charge in [0.2, 0.25) is 5.91 Å². The molecule has 0 aliphatic carbocycles. The van der Waals surface area contributed by atoms with Crippen LogP contribution >= 0.6 is 0 Å². The van der Waals surface area contributed by atoms with E-state index in [0.717, 1.165) is 23.1 Å². The van der Waals surface area contributed by atoms with E-state index in [1.165, 1.54) is 0 Å². The Morgan fingerprint density at radius 1 is 1.26 bits per heavy atom. The SMILES string of the molecule is Cc1ccccc1C(C(=O)N(C)CCc1cnn(C)c1)N(C)C. The maximum atomic E-state index is 12.9. The molecule has 0 bridgehead atoms. The van der Waals surface area contributed by atoms with Gasteiger partial charge in [0, 0.05) is 26.8 Å². The second kappa shape index (κ2) is 7.42. The van der Waals surface area contributed by atoms with Crippen molar-refractivity contribution >= 4 is 5.91 Å². The van der Waals surface area contributed by atoms with Gasteiger partial charge in [-0.2, -0.15) is 5.10 Å². The van der Waals surface area contributed by atoms with E-state index >= 15 is 0 Å². The first-order valence-electron chi connectivity index (χ1n) is 7.84. The number of aromatic nitrogens is 2. The summed E-state index contributed by atoms with van der Waals surface area (Å²) in [7, 11) is 7.67. The average Bonchev–Trinajstić information content (AvgIpc) is 2.92. The molecule has 5 heteroatoms. The fraction of sp³-hybridized carbons (Fsp3) is 0.444. The van der Waals surface area contributed by atoms with Gasteiger partial charge in [-0.15, -0.1) is 0 Å². The molecule has 1 amide bonds. The van der Waals surface area contributed by atoms with Crippen LogP contribution in [0.1, 0.15) is 22.7 Å². The first kappa shape index (κ1) is 17.2. The third-order valence-corrected chi connectivity index (χ3v) is 4.10. The van der Waals surface area contributed by atoms with E-state index < -0.39 is 0 Å². The van der Waals surface area contributed by atoms with Crippen LogP contribution in [-0.2, 0) is 18.3 Å². The molecule has 2 aromatic rings. The number of rotatable bonds is 6. The van der Waals surface area contributed by atoms with Gasteiger partial charge < -0.3 is 4.90 Å². The van der Waals surface area contributed by atoms with Gasteiger partial charge >= 0.3 is 0 Å². The topological polar surface area (TPSA) is 41.4 Å². The number of likely N-dealkylation sites (N-methyl/N-ethyl adjacent to an activating group) is 2. The zero-order valence-electron chi connectivity index (χ0n) is 14.7. The van der Waals surface area contributed by atoms with Crippen LogP contribution in [-0.4, -0.2) is 53.2 Å². The van der Waals surface area contributed by atoms with Crippen LogP contribution in [0.2, 0.25) is 0 Å². The molecule has 0 aliphatic rings. The molecule has 1 atom stereocenters. The van der Waals surface area contributed by atoms with Crippen molar-refractivity contribution in [3.63, 3.8) is 0 Å². The lowest BCUT2D eigenvalue weighted by molar-refractivity contribution is -0.135. The summed E-state index contributed by atoms with van der Waals surface area (Å²) in [5.41, 5.74) is 3.35. The van der Waals surface area contributed by atoms with Crippen molar-refractivity contribution < 1.29 is 4.79 Å². The summed E-state index contributed by atoms with van der Waals surface area (Å²) in [6, 6.07) is 7.82. The van der Waals surface area contributed by atoms with E-state index in [2.05, 4.69) is 18.1 Å². The van der Waals surface area contributed by atoms with Gasteiger partial charge in [0.15, 0.2) is 0 Å². The van der Waals surface area contributed by atoms with Crippen molar-refractivity contribution in [3.05, 3.63) is 53.3 Å². The molecule has 124 valence electrons. The Morgan fingerprint density at radius 2 is 1.96 bits per heavy atom. The van der Waals surface area contributed by atoms with Crippen molar-refractivity contribution in [2.24, 2.45) is 7.05 Å². The molecule has 23 heavy (non-hydrogen) atoms. The molecule has 5 nitrogen and oxygen atoms in total. The lowest BCUT2D eigenvalue weighted by Gasteiger charge is -2.29. The highest BCUT2D eigenvalue weighted by Gasteiger charge is 2.26. The lowest BCUT2D eigenvalue weighted by Crippen LogP contribution is -2.39. The molecule has 0 saturated heterocycles. The predicted octanol–water partition coefficient (Wildman–Crippen LogP) is 2.03. The Morgan fingerprint density at radius 3 is 2.52 bits per heavy atom. The number of hydrogen-bond acceptors (Lipinski definition) is 3. The maximum absolute atomic E-state index is 12.9. The zero-order chi connectivity index (χ0) is 17.0. The number of carbonyl (C=O) groups excluding carboxylic acids is 1. The van der Waals surface area contributed by atoms with Crippen LogP contribution in [0, 0.1) is 6.92 Å². The normalized spacial score (nSPS) is 12.4. The van der Waals surface area contributed by atoms with E-state index in [-0.39, 0.29) is 11.9 Å². The molecule has 0 saturated carbocycles. The summed E-state index contributed by atoms with van der Waals surface area (Å²) in [5.74, 6) is 0.119. The van der Waals surface area contributed by atoms with Crippen molar-refractivity contribution in [2.45, 2.75) is 19.4 Å². The van der Waals surface area contributed by atoms with Crippen LogP contribution < -0.4 is 0 Å². The summed E-state index contributed by atoms with van der Waals surface area (Å²) in [4.78, 5) is 16.7. The molecule has 0 N–H and O–H groups in total. The number of amides is 1. The van der Waals surface area contributed by atoms with Crippen molar-refractivity contribution in [1.29, 1.82) is 0 Å². The van der Waals surface area contributed by atoms with Crippen molar-refractivity contribution in [3.8, 4) is 0 Å². The highest BCUT2D eigenvalue weighted by atomic mass is 16.2. The van der Waals surface area contributed by atoms with E-state index in [9.17, 15) is 4.79 Å². The zero-order valence-corrected chi connectivity index (χ0v) is 14.7. The quantitative estimate of drug-likeness (QED) is 0.819. The summed E-state index contributed by atoms with van der Waals surface area (Å²) in [6.07, 6.45) is 4.65. The maximum Gasteiger partial charge on any atom is 0.244 e. The third kappa shape index (κ3) is 4.20. The number of nitrogens with zero attached hydrogens (tertiary/aromatic N) is 4. The first-order chi connectivity index (χ1) is 10.9. The summed E-state index contributed by atoms with van der Waals surface area (Å²) >= 11 is 0. The van der Waals surface area contributed by atoms with E-state index in [0.29, 0.717) is 6.54 Å². The number of benzene rings is 1. The second-order valence-electron chi connectivity index (χ2n) is 6.25. The summed E-state index contributed by atoms with van der Waals surface area (Å²) < 4.78 is 1.78. The van der Waals surface area contributed by atoms with Gasteiger partial charge in [-0.05, 0) is 44.1 Å².